The Bertz CT molecular complexity index is 1570. The maximum Gasteiger partial charge on any atom is 0.271 e. The zero-order chi connectivity index (χ0) is 27.4. The summed E-state index contributed by atoms with van der Waals surface area (Å²) < 4.78 is 10.6. The number of fused-ring (bicyclic) bond motifs is 5. The van der Waals surface area contributed by atoms with Gasteiger partial charge in [0, 0.05) is 17.7 Å². The molecule has 0 aliphatic carbocycles. The van der Waals surface area contributed by atoms with Crippen molar-refractivity contribution in [3.05, 3.63) is 93.5 Å². The molecule has 0 spiro atoms. The number of ketones is 1. The lowest BCUT2D eigenvalue weighted by Crippen LogP contribution is -2.44. The Labute approximate surface area is 222 Å². The van der Waals surface area contributed by atoms with Gasteiger partial charge in [-0.25, -0.2) is 4.90 Å². The van der Waals surface area contributed by atoms with Crippen LogP contribution in [0, 0.1) is 22.0 Å². The van der Waals surface area contributed by atoms with Gasteiger partial charge in [0.25, 0.3) is 5.69 Å². The zero-order valence-corrected chi connectivity index (χ0v) is 20.9. The Morgan fingerprint density at radius 1 is 0.949 bits per heavy atom. The molecule has 0 bridgehead atoms. The molecule has 0 unspecified atom stereocenters. The topological polar surface area (TPSA) is 132 Å². The molecule has 0 N–H and O–H groups in total. The molecule has 11 nitrogen and oxygen atoms in total. The van der Waals surface area contributed by atoms with Crippen LogP contribution in [0.3, 0.4) is 0 Å². The van der Waals surface area contributed by atoms with Crippen LogP contribution < -0.4 is 14.4 Å². The van der Waals surface area contributed by atoms with Crippen molar-refractivity contribution in [1.29, 1.82) is 0 Å². The van der Waals surface area contributed by atoms with Gasteiger partial charge in [-0.05, 0) is 41.5 Å². The second kappa shape index (κ2) is 9.05. The number of nitro benzene ring substituents is 1. The van der Waals surface area contributed by atoms with Crippen LogP contribution in [-0.4, -0.2) is 54.0 Å². The molecule has 6 rings (SSSR count). The first-order valence-corrected chi connectivity index (χ1v) is 12.2. The number of imide groups is 1. The summed E-state index contributed by atoms with van der Waals surface area (Å²) in [6.45, 7) is 0. The van der Waals surface area contributed by atoms with Gasteiger partial charge in [-0.2, -0.15) is 5.10 Å². The Morgan fingerprint density at radius 2 is 1.67 bits per heavy atom. The fourth-order valence-corrected chi connectivity index (χ4v) is 5.80. The summed E-state index contributed by atoms with van der Waals surface area (Å²) >= 11 is 0. The molecule has 39 heavy (non-hydrogen) atoms. The van der Waals surface area contributed by atoms with Gasteiger partial charge in [0.2, 0.25) is 11.8 Å². The predicted molar refractivity (Wildman–Crippen MR) is 139 cm³/mol. The second-order valence-electron chi connectivity index (χ2n) is 9.41. The molecule has 2 amide bonds. The Hall–Kier alpha value is -5.06. The van der Waals surface area contributed by atoms with E-state index >= 15 is 0 Å². The molecule has 3 aliphatic heterocycles. The molecule has 0 radical (unpaired) electrons. The number of non-ortho nitro benzene ring substituents is 1. The number of hydrazone groups is 1. The number of Topliss-reactive ketones (excluding diaryl/α,β-unsaturated/α-hetero) is 1. The normalized spacial score (nSPS) is 22.8. The number of methoxy groups -OCH3 is 2. The van der Waals surface area contributed by atoms with Crippen LogP contribution in [0.4, 0.5) is 11.4 Å². The number of hydrogen-bond acceptors (Lipinski definition) is 9. The average molecular weight is 527 g/mol. The van der Waals surface area contributed by atoms with Gasteiger partial charge in [0.05, 0.1) is 43.2 Å². The number of carbonyl (C=O) groups is 3. The summed E-state index contributed by atoms with van der Waals surface area (Å²) in [4.78, 5) is 53.9. The van der Waals surface area contributed by atoms with E-state index in [9.17, 15) is 24.5 Å². The molecule has 2 fully saturated rings. The smallest absolute Gasteiger partial charge is 0.271 e. The highest BCUT2D eigenvalue weighted by molar-refractivity contribution is 6.25. The SMILES string of the molecule is COc1ccc(C(=O)[C@H]2[C@H]3C(=O)N(c4cc([N+](=O)[O-])ccc4OC)C(=O)[C@@H]3[C@H]3c4ccccc4C=NN32)cc1. The van der Waals surface area contributed by atoms with E-state index in [1.807, 2.05) is 24.3 Å². The summed E-state index contributed by atoms with van der Waals surface area (Å²) in [5.74, 6) is -2.93. The first kappa shape index (κ1) is 24.3. The van der Waals surface area contributed by atoms with Gasteiger partial charge in [-0.3, -0.25) is 29.5 Å². The molecule has 0 aromatic heterocycles. The van der Waals surface area contributed by atoms with E-state index in [0.717, 1.165) is 22.1 Å². The summed E-state index contributed by atoms with van der Waals surface area (Å²) in [6.07, 6.45) is 1.62. The van der Waals surface area contributed by atoms with Gasteiger partial charge < -0.3 is 9.47 Å². The van der Waals surface area contributed by atoms with Gasteiger partial charge in [0.1, 0.15) is 23.2 Å². The highest BCUT2D eigenvalue weighted by Gasteiger charge is 2.65. The average Bonchev–Trinajstić information content (AvgIpc) is 3.44. The highest BCUT2D eigenvalue weighted by atomic mass is 16.6. The van der Waals surface area contributed by atoms with E-state index in [1.165, 1.54) is 26.4 Å². The van der Waals surface area contributed by atoms with Gasteiger partial charge in [-0.1, -0.05) is 24.3 Å². The minimum absolute atomic E-state index is 0.0362. The minimum atomic E-state index is -1.08. The van der Waals surface area contributed by atoms with Crippen LogP contribution in [0.15, 0.2) is 71.8 Å². The summed E-state index contributed by atoms with van der Waals surface area (Å²) in [5, 5.41) is 17.6. The molecule has 0 saturated carbocycles. The predicted octanol–water partition coefficient (Wildman–Crippen LogP) is 3.37. The molecule has 4 atom stereocenters. The molecular weight excluding hydrogens is 504 g/mol. The van der Waals surface area contributed by atoms with Crippen LogP contribution in [0.25, 0.3) is 0 Å². The third-order valence-corrected chi connectivity index (χ3v) is 7.55. The second-order valence-corrected chi connectivity index (χ2v) is 9.41. The summed E-state index contributed by atoms with van der Waals surface area (Å²) in [6, 6.07) is 15.8. The lowest BCUT2D eigenvalue weighted by atomic mass is 9.83. The van der Waals surface area contributed by atoms with Crippen LogP contribution in [0.2, 0.25) is 0 Å². The number of benzene rings is 3. The van der Waals surface area contributed by atoms with Crippen molar-refractivity contribution in [2.24, 2.45) is 16.9 Å². The van der Waals surface area contributed by atoms with Crippen molar-refractivity contribution in [2.45, 2.75) is 12.1 Å². The Balaban J connectivity index is 1.50. The van der Waals surface area contributed by atoms with Gasteiger partial charge in [0.15, 0.2) is 5.78 Å². The number of hydrogen-bond donors (Lipinski definition) is 0. The fraction of sp³-hybridized carbons (Fsp3) is 0.214. The number of ether oxygens (including phenoxy) is 2. The van der Waals surface area contributed by atoms with E-state index in [0.29, 0.717) is 11.3 Å². The van der Waals surface area contributed by atoms with Gasteiger partial charge >= 0.3 is 0 Å². The van der Waals surface area contributed by atoms with E-state index in [-0.39, 0.29) is 22.9 Å². The van der Waals surface area contributed by atoms with E-state index in [1.54, 1.807) is 35.5 Å². The standard InChI is InChI=1S/C28H22N4O7/c1-38-18-10-7-15(8-11-18)26(33)25-23-22(24-19-6-4-3-5-16(19)14-29-31(24)25)27(34)30(28(23)35)20-13-17(32(36)37)9-12-21(20)39-2/h3-14,22-25H,1-2H3/t22-,23-,24+,25+/m0/s1. The van der Waals surface area contributed by atoms with Crippen molar-refractivity contribution < 1.29 is 28.8 Å². The molecule has 11 heteroatoms. The lowest BCUT2D eigenvalue weighted by Gasteiger charge is -2.33. The van der Waals surface area contributed by atoms with Crippen molar-refractivity contribution in [3.63, 3.8) is 0 Å². The number of nitro groups is 1. The number of amides is 2. The van der Waals surface area contributed by atoms with Crippen LogP contribution >= 0.6 is 0 Å². The quantitative estimate of drug-likeness (QED) is 0.207. The molecule has 3 aromatic carbocycles. The summed E-state index contributed by atoms with van der Waals surface area (Å²) in [7, 11) is 2.86. The van der Waals surface area contributed by atoms with Crippen molar-refractivity contribution in [3.8, 4) is 11.5 Å². The minimum Gasteiger partial charge on any atom is -0.497 e. The monoisotopic (exact) mass is 526 g/mol. The van der Waals surface area contributed by atoms with Crippen molar-refractivity contribution in [2.75, 3.05) is 19.1 Å². The zero-order valence-electron chi connectivity index (χ0n) is 20.9. The number of rotatable bonds is 6. The maximum atomic E-state index is 14.1. The lowest BCUT2D eigenvalue weighted by molar-refractivity contribution is -0.384. The van der Waals surface area contributed by atoms with Crippen LogP contribution in [0.5, 0.6) is 11.5 Å². The highest BCUT2D eigenvalue weighted by Crippen LogP contribution is 2.54. The molecule has 2 saturated heterocycles. The number of anilines is 1. The summed E-state index contributed by atoms with van der Waals surface area (Å²) in [5.41, 5.74) is 1.54. The van der Waals surface area contributed by atoms with E-state index in [4.69, 9.17) is 9.47 Å². The number of nitrogens with zero attached hydrogens (tertiary/aromatic N) is 4. The van der Waals surface area contributed by atoms with Crippen molar-refractivity contribution in [1.82, 2.24) is 5.01 Å². The Kier molecular flexibility index (Phi) is 5.63. The molecule has 3 aromatic rings. The van der Waals surface area contributed by atoms with E-state index < -0.39 is 40.7 Å². The number of carbonyl (C=O) groups excluding carboxylic acids is 3. The molecule has 3 heterocycles. The van der Waals surface area contributed by atoms with Gasteiger partial charge in [-0.15, -0.1) is 0 Å². The van der Waals surface area contributed by atoms with Crippen molar-refractivity contribution >= 4 is 35.2 Å². The molecule has 196 valence electrons. The first-order valence-electron chi connectivity index (χ1n) is 12.2. The van der Waals surface area contributed by atoms with E-state index in [2.05, 4.69) is 5.10 Å². The third-order valence-electron chi connectivity index (χ3n) is 7.55. The fourth-order valence-electron chi connectivity index (χ4n) is 5.80. The Morgan fingerprint density at radius 3 is 2.36 bits per heavy atom. The van der Waals surface area contributed by atoms with Crippen LogP contribution in [0.1, 0.15) is 27.5 Å². The maximum absolute atomic E-state index is 14.1. The molecule has 3 aliphatic rings. The third kappa shape index (κ3) is 3.57. The van der Waals surface area contributed by atoms with Crippen LogP contribution in [-0.2, 0) is 9.59 Å². The largest absolute Gasteiger partial charge is 0.497 e. The first-order chi connectivity index (χ1) is 18.8. The molecular formula is C28H22N4O7.